The molecule has 0 spiro atoms. The first-order chi connectivity index (χ1) is 30.1. The van der Waals surface area contributed by atoms with Gasteiger partial charge in [-0.25, -0.2) is 0 Å². The molecule has 62 heavy (non-hydrogen) atoms. The van der Waals surface area contributed by atoms with E-state index in [0.29, 0.717) is 13.0 Å². The molecular weight excluding hydrogens is 801 g/mol. The van der Waals surface area contributed by atoms with Gasteiger partial charge in [0.25, 0.3) is 0 Å². The summed E-state index contributed by atoms with van der Waals surface area (Å²) in [5.74, 6) is -0.376. The number of hydrogen-bond acceptors (Lipinski definition) is 14. The number of aliphatic hydroxyl groups is 7. The van der Waals surface area contributed by atoms with Gasteiger partial charge in [0.1, 0.15) is 54.9 Å². The molecule has 7 N–H and O–H groups in total. The maximum absolute atomic E-state index is 13.0. The van der Waals surface area contributed by atoms with E-state index in [1.54, 1.807) is 0 Å². The molecule has 0 aromatic rings. The predicted octanol–water partition coefficient (Wildman–Crippen LogP) is 6.68. The van der Waals surface area contributed by atoms with Crippen LogP contribution in [0.5, 0.6) is 0 Å². The zero-order chi connectivity index (χ0) is 45.2. The second kappa shape index (κ2) is 36.9. The number of rotatable bonds is 39. The highest BCUT2D eigenvalue weighted by atomic mass is 16.7. The highest BCUT2D eigenvalue weighted by molar-refractivity contribution is 5.69. The summed E-state index contributed by atoms with van der Waals surface area (Å²) in [5.41, 5.74) is 0. The zero-order valence-electron chi connectivity index (χ0n) is 38.6. The lowest BCUT2D eigenvalue weighted by Gasteiger charge is -2.42. The standard InChI is InChI=1S/C48H90O14/c1-3-5-7-9-11-13-15-17-18-20-22-24-26-28-30-32-57-34-37(60-40(50)31-29-27-25-23-21-19-16-14-12-10-8-6-4-2)35-58-47-46(56)44(54)42(52)39(62-47)36-59-48-45(55)43(53)41(51)38(33-49)61-48/h15,17,37-39,41-49,51-56H,3-14,16,18-36H2,1-2H3/b17-15-. The van der Waals surface area contributed by atoms with Crippen LogP contribution in [0.4, 0.5) is 0 Å². The van der Waals surface area contributed by atoms with Crippen LogP contribution in [0.25, 0.3) is 0 Å². The summed E-state index contributed by atoms with van der Waals surface area (Å²) in [4.78, 5) is 13.0. The van der Waals surface area contributed by atoms with Gasteiger partial charge in [-0.2, -0.15) is 0 Å². The van der Waals surface area contributed by atoms with Crippen molar-refractivity contribution in [2.24, 2.45) is 0 Å². The van der Waals surface area contributed by atoms with Crippen molar-refractivity contribution in [2.75, 3.05) is 33.0 Å². The Kier molecular flexibility index (Phi) is 33.8. The molecule has 14 heteroatoms. The lowest BCUT2D eigenvalue weighted by Crippen LogP contribution is -2.61. The van der Waals surface area contributed by atoms with Gasteiger partial charge >= 0.3 is 5.97 Å². The number of aliphatic hydroxyl groups excluding tert-OH is 7. The van der Waals surface area contributed by atoms with Gasteiger partial charge in [-0.1, -0.05) is 154 Å². The average Bonchev–Trinajstić information content (AvgIpc) is 3.27. The second-order valence-corrected chi connectivity index (χ2v) is 17.6. The molecule has 11 atom stereocenters. The highest BCUT2D eigenvalue weighted by Gasteiger charge is 2.47. The van der Waals surface area contributed by atoms with Crippen molar-refractivity contribution in [2.45, 2.75) is 255 Å². The molecule has 0 aromatic carbocycles. The van der Waals surface area contributed by atoms with E-state index in [2.05, 4.69) is 26.0 Å². The van der Waals surface area contributed by atoms with Crippen molar-refractivity contribution in [3.63, 3.8) is 0 Å². The Morgan fingerprint density at radius 1 is 0.516 bits per heavy atom. The predicted molar refractivity (Wildman–Crippen MR) is 238 cm³/mol. The minimum absolute atomic E-state index is 0.0624. The van der Waals surface area contributed by atoms with Crippen LogP contribution >= 0.6 is 0 Å². The van der Waals surface area contributed by atoms with Crippen LogP contribution < -0.4 is 0 Å². The third-order valence-corrected chi connectivity index (χ3v) is 12.0. The third kappa shape index (κ3) is 24.9. The molecule has 0 bridgehead atoms. The monoisotopic (exact) mass is 891 g/mol. The van der Waals surface area contributed by atoms with E-state index in [1.807, 2.05) is 0 Å². The van der Waals surface area contributed by atoms with Gasteiger partial charge in [0, 0.05) is 13.0 Å². The molecule has 2 fully saturated rings. The maximum atomic E-state index is 13.0. The van der Waals surface area contributed by atoms with Crippen molar-refractivity contribution in [3.05, 3.63) is 12.2 Å². The third-order valence-electron chi connectivity index (χ3n) is 12.0. The number of esters is 1. The van der Waals surface area contributed by atoms with Crippen LogP contribution in [-0.2, 0) is 33.2 Å². The largest absolute Gasteiger partial charge is 0.457 e. The Hall–Kier alpha value is -1.27. The van der Waals surface area contributed by atoms with Gasteiger partial charge in [0.05, 0.1) is 26.4 Å². The zero-order valence-corrected chi connectivity index (χ0v) is 38.6. The van der Waals surface area contributed by atoms with E-state index in [4.69, 9.17) is 28.4 Å². The van der Waals surface area contributed by atoms with Crippen LogP contribution in [0, 0.1) is 0 Å². The number of unbranched alkanes of at least 4 members (excludes halogenated alkanes) is 23. The van der Waals surface area contributed by atoms with Crippen molar-refractivity contribution in [1.82, 2.24) is 0 Å². The number of hydrogen-bond donors (Lipinski definition) is 7. The Bertz CT molecular complexity index is 1080. The molecule has 14 nitrogen and oxygen atoms in total. The normalized spacial score (nSPS) is 27.2. The SMILES string of the molecule is CCCCCCC/C=C\CCCCCCCCOCC(COC1OC(COC2OC(CO)C(O)C(O)C2O)C(O)C(O)C1O)OC(=O)CCCCCCCCCCCCCCC. The quantitative estimate of drug-likeness (QED) is 0.0195. The van der Waals surface area contributed by atoms with Gasteiger partial charge in [-0.05, 0) is 38.5 Å². The number of allylic oxidation sites excluding steroid dienone is 2. The fourth-order valence-corrected chi connectivity index (χ4v) is 7.93. The first-order valence-electron chi connectivity index (χ1n) is 24.8. The van der Waals surface area contributed by atoms with Crippen molar-refractivity contribution < 1.29 is 69.0 Å². The molecule has 2 heterocycles. The maximum Gasteiger partial charge on any atom is 0.306 e. The van der Waals surface area contributed by atoms with E-state index in [9.17, 15) is 40.5 Å². The van der Waals surface area contributed by atoms with E-state index >= 15 is 0 Å². The molecule has 0 radical (unpaired) electrons. The number of carbonyl (C=O) groups is 1. The van der Waals surface area contributed by atoms with Crippen LogP contribution in [0.2, 0.25) is 0 Å². The Morgan fingerprint density at radius 3 is 1.47 bits per heavy atom. The van der Waals surface area contributed by atoms with E-state index in [1.165, 1.54) is 116 Å². The Morgan fingerprint density at radius 2 is 0.952 bits per heavy atom. The minimum atomic E-state index is -1.70. The van der Waals surface area contributed by atoms with Gasteiger partial charge < -0.3 is 64.2 Å². The molecular formula is C48H90O14. The second-order valence-electron chi connectivity index (χ2n) is 17.6. The molecule has 11 unspecified atom stereocenters. The molecule has 2 aliphatic rings. The summed E-state index contributed by atoms with van der Waals surface area (Å²) in [6.45, 7) is 3.68. The molecule has 2 aliphatic heterocycles. The molecule has 0 amide bonds. The summed E-state index contributed by atoms with van der Waals surface area (Å²) in [7, 11) is 0. The van der Waals surface area contributed by atoms with Crippen molar-refractivity contribution >= 4 is 5.97 Å². The number of carbonyl (C=O) groups excluding carboxylic acids is 1. The molecule has 2 saturated heterocycles. The lowest BCUT2D eigenvalue weighted by molar-refractivity contribution is -0.332. The van der Waals surface area contributed by atoms with Crippen LogP contribution in [0.3, 0.4) is 0 Å². The van der Waals surface area contributed by atoms with Gasteiger partial charge in [0.2, 0.25) is 0 Å². The van der Waals surface area contributed by atoms with E-state index in [0.717, 1.165) is 44.9 Å². The van der Waals surface area contributed by atoms with Gasteiger partial charge in [0.15, 0.2) is 12.6 Å². The minimum Gasteiger partial charge on any atom is -0.457 e. The lowest BCUT2D eigenvalue weighted by atomic mass is 9.98. The van der Waals surface area contributed by atoms with Crippen LogP contribution in [0.15, 0.2) is 12.2 Å². The Balaban J connectivity index is 1.79. The summed E-state index contributed by atoms with van der Waals surface area (Å²) in [6, 6.07) is 0. The summed E-state index contributed by atoms with van der Waals surface area (Å²) >= 11 is 0. The molecule has 0 saturated carbocycles. The van der Waals surface area contributed by atoms with Crippen LogP contribution in [0.1, 0.15) is 187 Å². The fraction of sp³-hybridized carbons (Fsp3) is 0.938. The first-order valence-corrected chi connectivity index (χ1v) is 24.8. The topological polar surface area (TPSA) is 214 Å². The van der Waals surface area contributed by atoms with E-state index < -0.39 is 80.7 Å². The molecule has 0 aliphatic carbocycles. The smallest absolute Gasteiger partial charge is 0.306 e. The van der Waals surface area contributed by atoms with Gasteiger partial charge in [-0.15, -0.1) is 0 Å². The van der Waals surface area contributed by atoms with Gasteiger partial charge in [-0.3, -0.25) is 4.79 Å². The first kappa shape index (κ1) is 56.9. The summed E-state index contributed by atoms with van der Waals surface area (Å²) in [6.07, 6.45) is 19.9. The Labute approximate surface area is 374 Å². The summed E-state index contributed by atoms with van der Waals surface area (Å²) < 4.78 is 34.2. The molecule has 0 aromatic heterocycles. The van der Waals surface area contributed by atoms with Crippen molar-refractivity contribution in [1.29, 1.82) is 0 Å². The van der Waals surface area contributed by atoms with Crippen LogP contribution in [-0.4, -0.2) is 142 Å². The molecule has 366 valence electrons. The molecule has 2 rings (SSSR count). The highest BCUT2D eigenvalue weighted by Crippen LogP contribution is 2.26. The summed E-state index contributed by atoms with van der Waals surface area (Å²) in [5, 5.41) is 72.0. The fourth-order valence-electron chi connectivity index (χ4n) is 7.93. The average molecular weight is 891 g/mol. The number of ether oxygens (including phenoxy) is 6. The van der Waals surface area contributed by atoms with E-state index in [-0.39, 0.29) is 25.6 Å². The van der Waals surface area contributed by atoms with Crippen molar-refractivity contribution in [3.8, 4) is 0 Å².